The molecule has 2 rings (SSSR count). The first-order chi connectivity index (χ1) is 8.70. The highest BCUT2D eigenvalue weighted by Crippen LogP contribution is 2.21. The molecule has 0 spiro atoms. The Morgan fingerprint density at radius 3 is 2.94 bits per heavy atom. The van der Waals surface area contributed by atoms with Crippen LogP contribution in [0, 0.1) is 0 Å². The molecule has 1 fully saturated rings. The van der Waals surface area contributed by atoms with Crippen molar-refractivity contribution in [3.63, 3.8) is 0 Å². The highest BCUT2D eigenvalue weighted by Gasteiger charge is 2.27. The lowest BCUT2D eigenvalue weighted by Gasteiger charge is -2.23. The van der Waals surface area contributed by atoms with Crippen LogP contribution in [0.25, 0.3) is 0 Å². The minimum Gasteiger partial charge on any atom is -0.494 e. The van der Waals surface area contributed by atoms with Crippen molar-refractivity contribution in [2.75, 3.05) is 13.2 Å². The van der Waals surface area contributed by atoms with E-state index in [9.17, 15) is 0 Å². The molecule has 0 aromatic heterocycles. The van der Waals surface area contributed by atoms with Gasteiger partial charge in [0.05, 0.1) is 6.61 Å². The SMILES string of the molecule is CCCOc1cccc(CN2CCC(N)C2C)c1. The summed E-state index contributed by atoms with van der Waals surface area (Å²) in [7, 11) is 0. The molecule has 3 heteroatoms. The Kier molecular flexibility index (Phi) is 4.61. The largest absolute Gasteiger partial charge is 0.494 e. The summed E-state index contributed by atoms with van der Waals surface area (Å²) in [5.41, 5.74) is 7.36. The molecule has 100 valence electrons. The molecule has 18 heavy (non-hydrogen) atoms. The molecular weight excluding hydrogens is 224 g/mol. The van der Waals surface area contributed by atoms with Gasteiger partial charge in [0.15, 0.2) is 0 Å². The molecular formula is C15H24N2O. The van der Waals surface area contributed by atoms with Crippen LogP contribution >= 0.6 is 0 Å². The zero-order valence-corrected chi connectivity index (χ0v) is 11.4. The summed E-state index contributed by atoms with van der Waals surface area (Å²) in [5.74, 6) is 0.977. The Hall–Kier alpha value is -1.06. The van der Waals surface area contributed by atoms with E-state index in [4.69, 9.17) is 10.5 Å². The topological polar surface area (TPSA) is 38.5 Å². The van der Waals surface area contributed by atoms with E-state index in [0.29, 0.717) is 12.1 Å². The number of likely N-dealkylation sites (tertiary alicyclic amines) is 1. The van der Waals surface area contributed by atoms with Gasteiger partial charge in [-0.25, -0.2) is 0 Å². The van der Waals surface area contributed by atoms with Crippen LogP contribution in [0.5, 0.6) is 5.75 Å². The first-order valence-corrected chi connectivity index (χ1v) is 6.92. The number of benzene rings is 1. The maximum atomic E-state index is 6.05. The van der Waals surface area contributed by atoms with Crippen LogP contribution in [0.2, 0.25) is 0 Å². The van der Waals surface area contributed by atoms with Gasteiger partial charge < -0.3 is 10.5 Å². The zero-order valence-electron chi connectivity index (χ0n) is 11.4. The molecule has 2 unspecified atom stereocenters. The van der Waals surface area contributed by atoms with Gasteiger partial charge in [0.25, 0.3) is 0 Å². The van der Waals surface area contributed by atoms with Gasteiger partial charge >= 0.3 is 0 Å². The van der Waals surface area contributed by atoms with Crippen molar-refractivity contribution in [3.8, 4) is 5.75 Å². The summed E-state index contributed by atoms with van der Waals surface area (Å²) in [6.45, 7) is 7.20. The van der Waals surface area contributed by atoms with Crippen LogP contribution in [-0.4, -0.2) is 30.1 Å². The van der Waals surface area contributed by atoms with E-state index >= 15 is 0 Å². The maximum Gasteiger partial charge on any atom is 0.119 e. The van der Waals surface area contributed by atoms with E-state index in [-0.39, 0.29) is 0 Å². The van der Waals surface area contributed by atoms with E-state index in [1.807, 2.05) is 6.07 Å². The molecule has 1 heterocycles. The van der Waals surface area contributed by atoms with Crippen LogP contribution in [0.4, 0.5) is 0 Å². The summed E-state index contributed by atoms with van der Waals surface area (Å²) in [4.78, 5) is 2.45. The predicted molar refractivity (Wildman–Crippen MR) is 74.7 cm³/mol. The van der Waals surface area contributed by atoms with Crippen molar-refractivity contribution in [1.29, 1.82) is 0 Å². The Labute approximate surface area is 110 Å². The van der Waals surface area contributed by atoms with Gasteiger partial charge in [0.1, 0.15) is 5.75 Å². The molecule has 2 N–H and O–H groups in total. The second kappa shape index (κ2) is 6.21. The summed E-state index contributed by atoms with van der Waals surface area (Å²) < 4.78 is 5.67. The highest BCUT2D eigenvalue weighted by atomic mass is 16.5. The minimum absolute atomic E-state index is 0.324. The number of nitrogens with two attached hydrogens (primary N) is 1. The standard InChI is InChI=1S/C15H24N2O/c1-3-9-18-14-6-4-5-13(10-14)11-17-8-7-15(16)12(17)2/h4-6,10,12,15H,3,7-9,11,16H2,1-2H3. The lowest BCUT2D eigenvalue weighted by Crippen LogP contribution is -2.36. The van der Waals surface area contributed by atoms with Crippen LogP contribution in [0.3, 0.4) is 0 Å². The summed E-state index contributed by atoms with van der Waals surface area (Å²) in [6.07, 6.45) is 2.15. The average molecular weight is 248 g/mol. The number of nitrogens with zero attached hydrogens (tertiary/aromatic N) is 1. The number of hydrogen-bond acceptors (Lipinski definition) is 3. The van der Waals surface area contributed by atoms with Crippen LogP contribution in [0.15, 0.2) is 24.3 Å². The van der Waals surface area contributed by atoms with Crippen molar-refractivity contribution in [1.82, 2.24) is 4.90 Å². The van der Waals surface area contributed by atoms with E-state index in [0.717, 1.165) is 38.3 Å². The Balaban J connectivity index is 1.96. The van der Waals surface area contributed by atoms with Gasteiger partial charge in [-0.2, -0.15) is 0 Å². The Bertz CT molecular complexity index is 381. The predicted octanol–water partition coefficient (Wildman–Crippen LogP) is 2.40. The van der Waals surface area contributed by atoms with Gasteiger partial charge in [-0.3, -0.25) is 4.90 Å². The van der Waals surface area contributed by atoms with Crippen molar-refractivity contribution < 1.29 is 4.74 Å². The molecule has 0 radical (unpaired) electrons. The Morgan fingerprint density at radius 2 is 2.28 bits per heavy atom. The first-order valence-electron chi connectivity index (χ1n) is 6.92. The fourth-order valence-corrected chi connectivity index (χ4v) is 2.44. The van der Waals surface area contributed by atoms with Crippen molar-refractivity contribution in [3.05, 3.63) is 29.8 Å². The third kappa shape index (κ3) is 3.24. The van der Waals surface area contributed by atoms with Crippen LogP contribution in [-0.2, 0) is 6.54 Å². The van der Waals surface area contributed by atoms with E-state index < -0.39 is 0 Å². The van der Waals surface area contributed by atoms with Gasteiger partial charge in [0.2, 0.25) is 0 Å². The quantitative estimate of drug-likeness (QED) is 0.869. The number of ether oxygens (including phenoxy) is 1. The minimum atomic E-state index is 0.324. The maximum absolute atomic E-state index is 6.05. The van der Waals surface area contributed by atoms with Gasteiger partial charge in [-0.05, 0) is 37.5 Å². The van der Waals surface area contributed by atoms with Crippen molar-refractivity contribution >= 4 is 0 Å². The van der Waals surface area contributed by atoms with Crippen molar-refractivity contribution in [2.24, 2.45) is 5.73 Å². The molecule has 0 aliphatic carbocycles. The Morgan fingerprint density at radius 1 is 1.44 bits per heavy atom. The normalized spacial score (nSPS) is 24.4. The monoisotopic (exact) mass is 248 g/mol. The third-order valence-electron chi connectivity index (χ3n) is 3.70. The fraction of sp³-hybridized carbons (Fsp3) is 0.600. The zero-order chi connectivity index (χ0) is 13.0. The smallest absolute Gasteiger partial charge is 0.119 e. The molecule has 1 saturated heterocycles. The molecule has 0 bridgehead atoms. The first kappa shape index (κ1) is 13.4. The summed E-state index contributed by atoms with van der Waals surface area (Å²) in [6, 6.07) is 9.20. The van der Waals surface area contributed by atoms with Crippen LogP contribution < -0.4 is 10.5 Å². The molecule has 3 nitrogen and oxygen atoms in total. The van der Waals surface area contributed by atoms with Gasteiger partial charge in [-0.15, -0.1) is 0 Å². The third-order valence-corrected chi connectivity index (χ3v) is 3.70. The second-order valence-electron chi connectivity index (χ2n) is 5.16. The molecule has 1 aromatic carbocycles. The number of rotatable bonds is 5. The molecule has 0 amide bonds. The summed E-state index contributed by atoms with van der Waals surface area (Å²) in [5, 5.41) is 0. The lowest BCUT2D eigenvalue weighted by molar-refractivity contribution is 0.251. The molecule has 1 aliphatic heterocycles. The van der Waals surface area contributed by atoms with Gasteiger partial charge in [0, 0.05) is 25.2 Å². The fourth-order valence-electron chi connectivity index (χ4n) is 2.44. The van der Waals surface area contributed by atoms with E-state index in [1.165, 1.54) is 5.56 Å². The average Bonchev–Trinajstić information content (AvgIpc) is 2.69. The molecule has 1 aliphatic rings. The summed E-state index contributed by atoms with van der Waals surface area (Å²) >= 11 is 0. The lowest BCUT2D eigenvalue weighted by atomic mass is 10.1. The van der Waals surface area contributed by atoms with E-state index in [2.05, 4.69) is 36.9 Å². The molecule has 2 atom stereocenters. The molecule has 0 saturated carbocycles. The van der Waals surface area contributed by atoms with Gasteiger partial charge in [-0.1, -0.05) is 19.1 Å². The van der Waals surface area contributed by atoms with Crippen molar-refractivity contribution in [2.45, 2.75) is 45.3 Å². The molecule has 1 aromatic rings. The van der Waals surface area contributed by atoms with Crippen LogP contribution in [0.1, 0.15) is 32.3 Å². The number of hydrogen-bond donors (Lipinski definition) is 1. The highest BCUT2D eigenvalue weighted by molar-refractivity contribution is 5.28. The second-order valence-corrected chi connectivity index (χ2v) is 5.16. The van der Waals surface area contributed by atoms with E-state index in [1.54, 1.807) is 0 Å².